The fourth-order valence-electron chi connectivity index (χ4n) is 5.77. The number of carboxylic acid groups (broad SMARTS) is 1. The third kappa shape index (κ3) is 3.38. The number of carbonyl (C=O) groups is 1. The highest BCUT2D eigenvalue weighted by atomic mass is 16.5. The van der Waals surface area contributed by atoms with Gasteiger partial charge in [0.15, 0.2) is 0 Å². The van der Waals surface area contributed by atoms with Crippen molar-refractivity contribution in [3.63, 3.8) is 0 Å². The average molecular weight is 329 g/mol. The second-order valence-corrected chi connectivity index (χ2v) is 8.33. The summed E-state index contributed by atoms with van der Waals surface area (Å²) < 4.78 is 6.18. The first-order valence-corrected chi connectivity index (χ1v) is 9.29. The largest absolute Gasteiger partial charge is 0.493 e. The average Bonchev–Trinajstić information content (AvgIpc) is 2.53. The molecule has 0 atom stereocenters. The van der Waals surface area contributed by atoms with Crippen molar-refractivity contribution in [2.75, 3.05) is 13.2 Å². The number of nitrogens with one attached hydrogen (secondary N) is 1. The van der Waals surface area contributed by atoms with E-state index in [2.05, 4.69) is 5.32 Å². The summed E-state index contributed by atoms with van der Waals surface area (Å²) in [5, 5.41) is 11.0. The van der Waals surface area contributed by atoms with Crippen molar-refractivity contribution >= 4 is 6.09 Å². The highest BCUT2D eigenvalue weighted by Gasteiger charge is 2.51. The van der Waals surface area contributed by atoms with Crippen LogP contribution in [0, 0.1) is 23.2 Å². The van der Waals surface area contributed by atoms with Crippen LogP contribution in [0.1, 0.15) is 44.1 Å². The van der Waals surface area contributed by atoms with Crippen LogP contribution < -0.4 is 10.1 Å². The zero-order valence-corrected chi connectivity index (χ0v) is 14.2. The van der Waals surface area contributed by atoms with E-state index in [-0.39, 0.29) is 0 Å². The Morgan fingerprint density at radius 1 is 1.08 bits per heavy atom. The van der Waals surface area contributed by atoms with Gasteiger partial charge < -0.3 is 15.2 Å². The normalized spacial score (nSPS) is 33.4. The smallest absolute Gasteiger partial charge is 0.404 e. The van der Waals surface area contributed by atoms with Crippen molar-refractivity contribution in [2.45, 2.75) is 44.9 Å². The number of hydrogen-bond donors (Lipinski definition) is 2. The molecule has 1 amide bonds. The summed E-state index contributed by atoms with van der Waals surface area (Å²) in [7, 11) is 0. The van der Waals surface area contributed by atoms with Gasteiger partial charge in [0.05, 0.1) is 6.61 Å². The molecule has 0 radical (unpaired) electrons. The molecule has 4 aliphatic carbocycles. The lowest BCUT2D eigenvalue weighted by Crippen LogP contribution is -2.48. The van der Waals surface area contributed by atoms with Gasteiger partial charge in [-0.05, 0) is 80.4 Å². The molecule has 0 saturated heterocycles. The van der Waals surface area contributed by atoms with Crippen molar-refractivity contribution in [1.82, 2.24) is 5.32 Å². The van der Waals surface area contributed by atoms with Gasteiger partial charge >= 0.3 is 6.09 Å². The van der Waals surface area contributed by atoms with Gasteiger partial charge in [0, 0.05) is 12.0 Å². The molecule has 2 N–H and O–H groups in total. The lowest BCUT2D eigenvalue weighted by atomic mass is 9.50. The van der Waals surface area contributed by atoms with Crippen LogP contribution in [-0.4, -0.2) is 24.4 Å². The summed E-state index contributed by atoms with van der Waals surface area (Å²) in [6.07, 6.45) is 8.27. The molecule has 4 heteroatoms. The van der Waals surface area contributed by atoms with Crippen LogP contribution in [0.15, 0.2) is 24.3 Å². The zero-order chi connectivity index (χ0) is 16.6. The molecule has 5 rings (SSSR count). The third-order valence-electron chi connectivity index (χ3n) is 6.32. The Hall–Kier alpha value is -1.71. The minimum absolute atomic E-state index is 0.443. The molecule has 4 aliphatic rings. The molecule has 0 spiro atoms. The van der Waals surface area contributed by atoms with Crippen molar-refractivity contribution in [1.29, 1.82) is 0 Å². The highest BCUT2D eigenvalue weighted by molar-refractivity contribution is 5.64. The lowest BCUT2D eigenvalue weighted by molar-refractivity contribution is -0.0745. The standard InChI is InChI=1S/C20H27NO3/c22-19(23)21-6-5-14-1-3-18(4-2-14)24-13-20-10-15-7-16(11-20)9-17(8-15)12-20/h1-4,15-17,21H,5-13H2,(H,22,23). The van der Waals surface area contributed by atoms with Gasteiger partial charge in [0.1, 0.15) is 5.75 Å². The monoisotopic (exact) mass is 329 g/mol. The van der Waals surface area contributed by atoms with Crippen LogP contribution in [-0.2, 0) is 6.42 Å². The molecular weight excluding hydrogens is 302 g/mol. The van der Waals surface area contributed by atoms with Crippen LogP contribution in [0.4, 0.5) is 4.79 Å². The fraction of sp³-hybridized carbons (Fsp3) is 0.650. The molecule has 0 aromatic heterocycles. The van der Waals surface area contributed by atoms with E-state index < -0.39 is 6.09 Å². The molecule has 0 heterocycles. The molecule has 1 aromatic carbocycles. The van der Waals surface area contributed by atoms with E-state index >= 15 is 0 Å². The SMILES string of the molecule is O=C(O)NCCc1ccc(OCC23CC4CC(CC(C4)C2)C3)cc1. The van der Waals surface area contributed by atoms with Gasteiger partial charge in [0.2, 0.25) is 0 Å². The summed E-state index contributed by atoms with van der Waals surface area (Å²) in [5.41, 5.74) is 1.57. The molecule has 4 bridgehead atoms. The molecule has 130 valence electrons. The number of rotatable bonds is 6. The minimum atomic E-state index is -0.967. The maximum atomic E-state index is 10.5. The molecular formula is C20H27NO3. The van der Waals surface area contributed by atoms with Crippen molar-refractivity contribution in [2.24, 2.45) is 23.2 Å². The van der Waals surface area contributed by atoms with Gasteiger partial charge in [-0.25, -0.2) is 4.79 Å². The van der Waals surface area contributed by atoms with Crippen LogP contribution in [0.5, 0.6) is 5.75 Å². The van der Waals surface area contributed by atoms with Crippen LogP contribution in [0.25, 0.3) is 0 Å². The Bertz CT molecular complexity index is 560. The molecule has 4 fully saturated rings. The molecule has 0 aliphatic heterocycles. The first-order valence-electron chi connectivity index (χ1n) is 9.29. The zero-order valence-electron chi connectivity index (χ0n) is 14.2. The molecule has 0 unspecified atom stereocenters. The van der Waals surface area contributed by atoms with Crippen molar-refractivity contribution in [3.05, 3.63) is 29.8 Å². The second kappa shape index (κ2) is 6.30. The Balaban J connectivity index is 1.31. The third-order valence-corrected chi connectivity index (χ3v) is 6.32. The maximum Gasteiger partial charge on any atom is 0.404 e. The Labute approximate surface area is 143 Å². The quantitative estimate of drug-likeness (QED) is 0.826. The van der Waals surface area contributed by atoms with Crippen LogP contribution >= 0.6 is 0 Å². The minimum Gasteiger partial charge on any atom is -0.493 e. The summed E-state index contributed by atoms with van der Waals surface area (Å²) in [6.45, 7) is 1.32. The van der Waals surface area contributed by atoms with Crippen LogP contribution in [0.2, 0.25) is 0 Å². The van der Waals surface area contributed by atoms with Crippen LogP contribution in [0.3, 0.4) is 0 Å². The predicted octanol–water partition coefficient (Wildman–Crippen LogP) is 4.09. The summed E-state index contributed by atoms with van der Waals surface area (Å²) in [4.78, 5) is 10.5. The maximum absolute atomic E-state index is 10.5. The summed E-state index contributed by atoms with van der Waals surface area (Å²) in [6, 6.07) is 8.13. The molecule has 1 aromatic rings. The first kappa shape index (κ1) is 15.8. The first-order chi connectivity index (χ1) is 11.6. The van der Waals surface area contributed by atoms with Gasteiger partial charge in [-0.2, -0.15) is 0 Å². The van der Waals surface area contributed by atoms with Gasteiger partial charge in [-0.3, -0.25) is 0 Å². The Morgan fingerprint density at radius 2 is 1.67 bits per heavy atom. The van der Waals surface area contributed by atoms with Crippen molar-refractivity contribution in [3.8, 4) is 5.75 Å². The number of benzene rings is 1. The summed E-state index contributed by atoms with van der Waals surface area (Å²) in [5.74, 6) is 3.83. The molecule has 4 nitrogen and oxygen atoms in total. The van der Waals surface area contributed by atoms with Crippen molar-refractivity contribution < 1.29 is 14.6 Å². The fourth-order valence-corrected chi connectivity index (χ4v) is 5.77. The van der Waals surface area contributed by atoms with E-state index in [1.54, 1.807) is 0 Å². The van der Waals surface area contributed by atoms with Gasteiger partial charge in [-0.1, -0.05) is 12.1 Å². The Morgan fingerprint density at radius 3 is 2.21 bits per heavy atom. The lowest BCUT2D eigenvalue weighted by Gasteiger charge is -2.56. The highest BCUT2D eigenvalue weighted by Crippen LogP contribution is 2.60. The van der Waals surface area contributed by atoms with E-state index in [1.165, 1.54) is 38.5 Å². The van der Waals surface area contributed by atoms with E-state index in [0.29, 0.717) is 18.4 Å². The van der Waals surface area contributed by atoms with E-state index in [9.17, 15) is 4.79 Å². The van der Waals surface area contributed by atoms with E-state index in [4.69, 9.17) is 9.84 Å². The number of ether oxygens (including phenoxy) is 1. The molecule has 4 saturated carbocycles. The van der Waals surface area contributed by atoms with E-state index in [1.807, 2.05) is 24.3 Å². The number of hydrogen-bond acceptors (Lipinski definition) is 2. The second-order valence-electron chi connectivity index (χ2n) is 8.33. The van der Waals surface area contributed by atoms with Gasteiger partial charge in [-0.15, -0.1) is 0 Å². The number of amides is 1. The summed E-state index contributed by atoms with van der Waals surface area (Å²) >= 11 is 0. The Kier molecular flexibility index (Phi) is 4.15. The molecule has 24 heavy (non-hydrogen) atoms. The van der Waals surface area contributed by atoms with E-state index in [0.717, 1.165) is 35.7 Å². The van der Waals surface area contributed by atoms with Gasteiger partial charge in [0.25, 0.3) is 0 Å². The topological polar surface area (TPSA) is 58.6 Å². The predicted molar refractivity (Wildman–Crippen MR) is 92.3 cm³/mol.